The maximum atomic E-state index is 12.9. The summed E-state index contributed by atoms with van der Waals surface area (Å²) in [7, 11) is 0. The second-order valence-electron chi connectivity index (χ2n) is 6.25. The number of hydrogen-bond acceptors (Lipinski definition) is 8. The van der Waals surface area contributed by atoms with Gasteiger partial charge in [-0.3, -0.25) is 9.42 Å². The number of nitrogens with one attached hydrogen (secondary N) is 1. The van der Waals surface area contributed by atoms with E-state index in [0.717, 1.165) is 4.80 Å². The Bertz CT molecular complexity index is 1230. The van der Waals surface area contributed by atoms with Crippen LogP contribution in [0.2, 0.25) is 0 Å². The standard InChI is InChI=1S/C17H12N8O4/c26-17(20-14-7-8-18-9-19-14)10-3-1-2-4-11(10)23-21-15-12(24(23)27)5-6-13-16(15)22-29-25(13)28/h1-4,7-9H,5-6H2,(H,18,19,20,26). The van der Waals surface area contributed by atoms with Crippen LogP contribution in [0.15, 0.2) is 47.5 Å². The van der Waals surface area contributed by atoms with Gasteiger partial charge in [-0.2, -0.15) is 0 Å². The summed E-state index contributed by atoms with van der Waals surface area (Å²) in [5.74, 6) is -0.144. The lowest BCUT2D eigenvalue weighted by atomic mass is 10.0. The van der Waals surface area contributed by atoms with Crippen molar-refractivity contribution in [3.8, 4) is 17.1 Å². The molecule has 0 atom stereocenters. The van der Waals surface area contributed by atoms with Crippen molar-refractivity contribution >= 4 is 11.7 Å². The predicted octanol–water partition coefficient (Wildman–Crippen LogP) is -0.0650. The third kappa shape index (κ3) is 2.65. The first-order valence-electron chi connectivity index (χ1n) is 8.61. The first kappa shape index (κ1) is 16.8. The van der Waals surface area contributed by atoms with Gasteiger partial charge in [0, 0.05) is 19.0 Å². The molecule has 12 nitrogen and oxygen atoms in total. The van der Waals surface area contributed by atoms with E-state index in [1.54, 1.807) is 30.3 Å². The molecule has 144 valence electrons. The van der Waals surface area contributed by atoms with Crippen molar-refractivity contribution in [3.05, 3.63) is 70.2 Å². The smallest absolute Gasteiger partial charge is 0.303 e. The summed E-state index contributed by atoms with van der Waals surface area (Å²) < 4.78 is 4.63. The molecular formula is C17H12N8O4. The molecule has 0 fully saturated rings. The number of rotatable bonds is 3. The molecule has 0 unspecified atom stereocenters. The summed E-state index contributed by atoms with van der Waals surface area (Å²) in [4.78, 5) is 22.5. The van der Waals surface area contributed by atoms with E-state index >= 15 is 0 Å². The molecule has 5 rings (SSSR count). The Morgan fingerprint density at radius 3 is 2.79 bits per heavy atom. The van der Waals surface area contributed by atoms with Gasteiger partial charge in [-0.15, -0.1) is 4.85 Å². The normalized spacial score (nSPS) is 12.3. The van der Waals surface area contributed by atoms with Crippen LogP contribution in [0.3, 0.4) is 0 Å². The van der Waals surface area contributed by atoms with E-state index in [-0.39, 0.29) is 22.6 Å². The zero-order chi connectivity index (χ0) is 20.0. The Hall–Kier alpha value is -4.35. The summed E-state index contributed by atoms with van der Waals surface area (Å²) in [6.45, 7) is 0. The number of aromatic nitrogens is 7. The molecular weight excluding hydrogens is 380 g/mol. The third-order valence-electron chi connectivity index (χ3n) is 4.58. The Labute approximate surface area is 162 Å². The lowest BCUT2D eigenvalue weighted by Gasteiger charge is -2.10. The largest absolute Gasteiger partial charge is 0.692 e. The molecule has 1 amide bonds. The minimum absolute atomic E-state index is 0.217. The lowest BCUT2D eigenvalue weighted by Crippen LogP contribution is -2.42. The average Bonchev–Trinajstić information content (AvgIpc) is 3.29. The maximum absolute atomic E-state index is 12.9. The minimum Gasteiger partial charge on any atom is -0.692 e. The van der Waals surface area contributed by atoms with E-state index in [2.05, 4.69) is 30.2 Å². The number of amides is 1. The molecule has 12 heteroatoms. The van der Waals surface area contributed by atoms with Gasteiger partial charge in [0.15, 0.2) is 5.69 Å². The van der Waals surface area contributed by atoms with Crippen LogP contribution in [0.5, 0.6) is 0 Å². The van der Waals surface area contributed by atoms with Crippen molar-refractivity contribution in [2.75, 3.05) is 5.32 Å². The summed E-state index contributed by atoms with van der Waals surface area (Å²) in [5.41, 5.74) is 1.63. The molecule has 1 N–H and O–H groups in total. The molecule has 0 saturated carbocycles. The molecule has 0 aliphatic heterocycles. The van der Waals surface area contributed by atoms with E-state index in [0.29, 0.717) is 39.8 Å². The van der Waals surface area contributed by atoms with Gasteiger partial charge < -0.3 is 15.7 Å². The van der Waals surface area contributed by atoms with E-state index in [1.165, 1.54) is 12.5 Å². The van der Waals surface area contributed by atoms with Crippen molar-refractivity contribution in [2.24, 2.45) is 0 Å². The fourth-order valence-electron chi connectivity index (χ4n) is 3.23. The molecule has 0 radical (unpaired) electrons. The fraction of sp³-hybridized carbons (Fsp3) is 0.118. The van der Waals surface area contributed by atoms with Crippen LogP contribution in [0, 0.1) is 10.4 Å². The third-order valence-corrected chi connectivity index (χ3v) is 4.58. The summed E-state index contributed by atoms with van der Waals surface area (Å²) in [6, 6.07) is 8.07. The zero-order valence-corrected chi connectivity index (χ0v) is 14.7. The summed E-state index contributed by atoms with van der Waals surface area (Å²) in [6.07, 6.45) is 3.41. The summed E-state index contributed by atoms with van der Waals surface area (Å²) >= 11 is 0. The molecule has 1 aliphatic carbocycles. The molecule has 0 saturated heterocycles. The second-order valence-corrected chi connectivity index (χ2v) is 6.25. The van der Waals surface area contributed by atoms with E-state index in [9.17, 15) is 15.2 Å². The maximum Gasteiger partial charge on any atom is 0.303 e. The number of anilines is 1. The van der Waals surface area contributed by atoms with Crippen molar-refractivity contribution in [3.63, 3.8) is 0 Å². The van der Waals surface area contributed by atoms with Gasteiger partial charge in [-0.1, -0.05) is 12.1 Å². The van der Waals surface area contributed by atoms with E-state index < -0.39 is 5.91 Å². The summed E-state index contributed by atoms with van der Waals surface area (Å²) in [5, 5.41) is 35.2. The molecule has 0 spiro atoms. The fourth-order valence-corrected chi connectivity index (χ4v) is 3.23. The highest BCUT2D eigenvalue weighted by Gasteiger charge is 2.39. The Morgan fingerprint density at radius 2 is 1.97 bits per heavy atom. The number of nitrogens with zero attached hydrogens (tertiary/aromatic N) is 7. The first-order valence-corrected chi connectivity index (χ1v) is 8.61. The van der Waals surface area contributed by atoms with Gasteiger partial charge in [0.25, 0.3) is 5.91 Å². The molecule has 4 aromatic rings. The van der Waals surface area contributed by atoms with Gasteiger partial charge >= 0.3 is 11.4 Å². The van der Waals surface area contributed by atoms with Crippen LogP contribution in [-0.4, -0.2) is 30.9 Å². The zero-order valence-electron chi connectivity index (χ0n) is 14.7. The number of hydrogen-bond donors (Lipinski definition) is 1. The first-order chi connectivity index (χ1) is 14.1. The van der Waals surface area contributed by atoms with Gasteiger partial charge in [-0.25, -0.2) is 9.97 Å². The minimum atomic E-state index is -0.465. The van der Waals surface area contributed by atoms with Gasteiger partial charge in [0.2, 0.25) is 5.69 Å². The number of para-hydroxylation sites is 1. The van der Waals surface area contributed by atoms with Gasteiger partial charge in [0.05, 0.1) is 15.8 Å². The molecule has 29 heavy (non-hydrogen) atoms. The quantitative estimate of drug-likeness (QED) is 0.376. The Kier molecular flexibility index (Phi) is 3.69. The number of carbonyl (C=O) groups excluding carboxylic acids is 1. The van der Waals surface area contributed by atoms with Crippen LogP contribution < -0.4 is 15.1 Å². The van der Waals surface area contributed by atoms with Crippen LogP contribution in [-0.2, 0) is 12.8 Å². The highest BCUT2D eigenvalue weighted by Crippen LogP contribution is 2.27. The SMILES string of the molecule is O=C(Nc1ccncn1)c1ccccc1-n1nc2c([n+]1[O-])CCc1c-2no[n+]1[O-]. The highest BCUT2D eigenvalue weighted by atomic mass is 16.8. The average molecular weight is 392 g/mol. The highest BCUT2D eigenvalue weighted by molar-refractivity contribution is 6.06. The van der Waals surface area contributed by atoms with E-state index in [1.807, 2.05) is 0 Å². The Balaban J connectivity index is 1.58. The lowest BCUT2D eigenvalue weighted by molar-refractivity contribution is -0.808. The van der Waals surface area contributed by atoms with Crippen molar-refractivity contribution in [1.29, 1.82) is 0 Å². The number of fused-ring (bicyclic) bond motifs is 3. The van der Waals surface area contributed by atoms with Crippen LogP contribution >= 0.6 is 0 Å². The monoisotopic (exact) mass is 392 g/mol. The van der Waals surface area contributed by atoms with Crippen LogP contribution in [0.1, 0.15) is 21.7 Å². The molecule has 0 bridgehead atoms. The Morgan fingerprint density at radius 1 is 1.14 bits per heavy atom. The second kappa shape index (κ2) is 6.37. The predicted molar refractivity (Wildman–Crippen MR) is 94.4 cm³/mol. The molecule has 1 aromatic carbocycles. The van der Waals surface area contributed by atoms with Crippen molar-refractivity contribution in [1.82, 2.24) is 25.0 Å². The van der Waals surface area contributed by atoms with Crippen LogP contribution in [0.4, 0.5) is 5.82 Å². The molecule has 3 aromatic heterocycles. The van der Waals surface area contributed by atoms with Gasteiger partial charge in [0.1, 0.15) is 17.8 Å². The van der Waals surface area contributed by atoms with E-state index in [4.69, 9.17) is 0 Å². The topological polar surface area (TPSA) is 153 Å². The van der Waals surface area contributed by atoms with Gasteiger partial charge in [-0.05, 0) is 27.9 Å². The van der Waals surface area contributed by atoms with Crippen molar-refractivity contribution in [2.45, 2.75) is 12.8 Å². The molecule has 1 aliphatic rings. The van der Waals surface area contributed by atoms with Crippen LogP contribution in [0.25, 0.3) is 17.1 Å². The van der Waals surface area contributed by atoms with Crippen molar-refractivity contribution < 1.29 is 19.2 Å². The number of benzene rings is 1. The molecule has 3 heterocycles. The number of carbonyl (C=O) groups is 1.